The van der Waals surface area contributed by atoms with Gasteiger partial charge in [0, 0.05) is 0 Å². The summed E-state index contributed by atoms with van der Waals surface area (Å²) in [4.78, 5) is 0. The summed E-state index contributed by atoms with van der Waals surface area (Å²) in [6.07, 6.45) is 0. The molecule has 0 heterocycles. The van der Waals surface area contributed by atoms with Crippen LogP contribution < -0.4 is 0 Å². The van der Waals surface area contributed by atoms with Crippen LogP contribution in [0.1, 0.15) is 0 Å². The molecule has 66 valence electrons. The molecule has 0 unspecified atom stereocenters. The molecule has 0 aliphatic heterocycles. The van der Waals surface area contributed by atoms with Crippen molar-refractivity contribution >= 4 is 24.8 Å². The van der Waals surface area contributed by atoms with Crippen molar-refractivity contribution in [2.24, 2.45) is 0 Å². The number of rotatable bonds is 1. The molecule has 0 aromatic carbocycles. The first-order valence-electron chi connectivity index (χ1n) is 1.76. The Morgan fingerprint density at radius 3 is 1.11 bits per heavy atom. The van der Waals surface area contributed by atoms with Crippen molar-refractivity contribution in [3.8, 4) is 0 Å². The Hall–Kier alpha value is 0.994. The van der Waals surface area contributed by atoms with Crippen LogP contribution in [0.4, 0.5) is 0 Å². The van der Waals surface area contributed by atoms with E-state index in [9.17, 15) is 0 Å². The van der Waals surface area contributed by atoms with Crippen LogP contribution >= 0.6 is 24.8 Å². The second-order valence-corrected chi connectivity index (χ2v) is 1.75. The van der Waals surface area contributed by atoms with Gasteiger partial charge in [0.05, 0.1) is 13.2 Å². The van der Waals surface area contributed by atoms with Gasteiger partial charge >= 0.3 is 26.2 Å². The predicted octanol–water partition coefficient (Wildman–Crippen LogP) is 0.980. The molecule has 9 heavy (non-hydrogen) atoms. The average molecular weight is 224 g/mol. The zero-order chi connectivity index (χ0) is 6.12. The van der Waals surface area contributed by atoms with Gasteiger partial charge in [-0.3, -0.25) is 0 Å². The summed E-state index contributed by atoms with van der Waals surface area (Å²) in [5.74, 6) is 4.12. The van der Waals surface area contributed by atoms with Crippen LogP contribution in [0.25, 0.3) is 0 Å². The maximum absolute atomic E-state index is 7.62. The van der Waals surface area contributed by atoms with Crippen LogP contribution in [0, 0.1) is 0 Å². The van der Waals surface area contributed by atoms with E-state index >= 15 is 0 Å². The summed E-state index contributed by atoms with van der Waals surface area (Å²) in [6, 6.07) is 0. The molecule has 5 heteroatoms. The van der Waals surface area contributed by atoms with Gasteiger partial charge in [-0.15, -0.1) is 24.8 Å². The molecule has 0 atom stereocenters. The Bertz CT molecular complexity index is 24.0. The van der Waals surface area contributed by atoms with E-state index < -0.39 is 0 Å². The molecule has 2 nitrogen and oxygen atoms in total. The SMILES string of the molecule is Cl.Cl.OCCO.[CH3][Ni][CH3]. The van der Waals surface area contributed by atoms with Gasteiger partial charge in [0.1, 0.15) is 0 Å². The fraction of sp³-hybridized carbons (Fsp3) is 1.00. The van der Waals surface area contributed by atoms with Crippen LogP contribution in [0.3, 0.4) is 0 Å². The Morgan fingerprint density at radius 2 is 1.11 bits per heavy atom. The van der Waals surface area contributed by atoms with Crippen molar-refractivity contribution in [2.75, 3.05) is 13.2 Å². The van der Waals surface area contributed by atoms with E-state index in [0.29, 0.717) is 0 Å². The summed E-state index contributed by atoms with van der Waals surface area (Å²) in [5, 5.41) is 15.2. The molecule has 0 radical (unpaired) electrons. The molecule has 0 aliphatic carbocycles. The summed E-state index contributed by atoms with van der Waals surface area (Å²) in [7, 11) is 0. The van der Waals surface area contributed by atoms with Crippen LogP contribution in [-0.4, -0.2) is 23.4 Å². The Labute approximate surface area is 74.7 Å². The fourth-order valence-corrected chi connectivity index (χ4v) is 0. The molecule has 0 spiro atoms. The molecule has 0 amide bonds. The topological polar surface area (TPSA) is 40.5 Å². The summed E-state index contributed by atoms with van der Waals surface area (Å²) < 4.78 is 0. The van der Waals surface area contributed by atoms with Crippen LogP contribution in [-0.2, 0) is 14.4 Å². The molecular formula is C4H14Cl2NiO2. The second-order valence-electron chi connectivity index (χ2n) is 0.763. The first-order chi connectivity index (χ1) is 3.33. The number of aliphatic hydroxyl groups is 2. The van der Waals surface area contributed by atoms with Crippen LogP contribution in [0.2, 0.25) is 11.8 Å². The number of hydrogen-bond acceptors (Lipinski definition) is 2. The molecule has 0 aromatic heterocycles. The molecule has 0 aliphatic rings. The van der Waals surface area contributed by atoms with Crippen LogP contribution in [0.15, 0.2) is 0 Å². The van der Waals surface area contributed by atoms with E-state index in [-0.39, 0.29) is 38.0 Å². The van der Waals surface area contributed by atoms with E-state index in [1.54, 1.807) is 14.4 Å². The van der Waals surface area contributed by atoms with Crippen molar-refractivity contribution in [1.29, 1.82) is 0 Å². The van der Waals surface area contributed by atoms with Gasteiger partial charge in [-0.05, 0) is 0 Å². The van der Waals surface area contributed by atoms with E-state index in [1.165, 1.54) is 0 Å². The van der Waals surface area contributed by atoms with Gasteiger partial charge in [0.25, 0.3) is 0 Å². The average Bonchev–Trinajstić information content (AvgIpc) is 1.69. The Kier molecular flexibility index (Phi) is 90.1. The van der Waals surface area contributed by atoms with Gasteiger partial charge in [-0.25, -0.2) is 0 Å². The van der Waals surface area contributed by atoms with Gasteiger partial charge in [-0.2, -0.15) is 0 Å². The third-order valence-electron chi connectivity index (χ3n) is 0.1000. The van der Waals surface area contributed by atoms with E-state index in [2.05, 4.69) is 11.8 Å². The third kappa shape index (κ3) is 111. The molecule has 2 N–H and O–H groups in total. The minimum absolute atomic E-state index is 0. The van der Waals surface area contributed by atoms with Gasteiger partial charge < -0.3 is 10.2 Å². The monoisotopic (exact) mass is 222 g/mol. The Morgan fingerprint density at radius 1 is 1.00 bits per heavy atom. The first kappa shape index (κ1) is 22.5. The second kappa shape index (κ2) is 36.0. The standard InChI is InChI=1S/C2H6O2.2CH3.2ClH.Ni/c3-1-2-4;;;;;/h3-4H,1-2H2;2*1H3;2*1H;. The maximum atomic E-state index is 7.62. The summed E-state index contributed by atoms with van der Waals surface area (Å²) in [5.41, 5.74) is 0. The molecule has 0 saturated heterocycles. The van der Waals surface area contributed by atoms with Gasteiger partial charge in [-0.1, -0.05) is 0 Å². The van der Waals surface area contributed by atoms with E-state index in [1.807, 2.05) is 0 Å². The van der Waals surface area contributed by atoms with Crippen molar-refractivity contribution in [1.82, 2.24) is 0 Å². The van der Waals surface area contributed by atoms with E-state index in [4.69, 9.17) is 10.2 Å². The normalized spacial score (nSPS) is 5.78. The molecular weight excluding hydrogens is 210 g/mol. The fourth-order valence-electron chi connectivity index (χ4n) is 0. The Balaban J connectivity index is -0.0000000233. The number of halogens is 2. The predicted molar refractivity (Wildman–Crippen MR) is 40.4 cm³/mol. The molecule has 0 saturated carbocycles. The minimum atomic E-state index is -0.125. The molecule has 0 fully saturated rings. The van der Waals surface area contributed by atoms with Gasteiger partial charge in [0.2, 0.25) is 0 Å². The van der Waals surface area contributed by atoms with Crippen molar-refractivity contribution in [2.45, 2.75) is 11.8 Å². The first-order valence-corrected chi connectivity index (χ1v) is 3.74. The summed E-state index contributed by atoms with van der Waals surface area (Å²) in [6.45, 7) is -0.250. The molecule has 0 bridgehead atoms. The quantitative estimate of drug-likeness (QED) is 0.651. The third-order valence-corrected chi connectivity index (χ3v) is 0.1000. The zero-order valence-electron chi connectivity index (χ0n) is 5.44. The van der Waals surface area contributed by atoms with Crippen LogP contribution in [0.5, 0.6) is 0 Å². The van der Waals surface area contributed by atoms with E-state index in [0.717, 1.165) is 0 Å². The molecule has 0 rings (SSSR count). The van der Waals surface area contributed by atoms with Crippen molar-refractivity contribution in [3.05, 3.63) is 0 Å². The van der Waals surface area contributed by atoms with Gasteiger partial charge in [0.15, 0.2) is 0 Å². The summed E-state index contributed by atoms with van der Waals surface area (Å²) >= 11 is 1.62. The van der Waals surface area contributed by atoms with Crippen molar-refractivity contribution < 1.29 is 24.7 Å². The number of hydrogen-bond donors (Lipinski definition) is 2. The van der Waals surface area contributed by atoms with Crippen molar-refractivity contribution in [3.63, 3.8) is 0 Å². The number of aliphatic hydroxyl groups excluding tert-OH is 2. The zero-order valence-corrected chi connectivity index (χ0v) is 8.06. The molecule has 0 aromatic rings.